The van der Waals surface area contributed by atoms with Gasteiger partial charge < -0.3 is 0 Å². The van der Waals surface area contributed by atoms with E-state index in [2.05, 4.69) is 23.8 Å². The summed E-state index contributed by atoms with van der Waals surface area (Å²) in [6.07, 6.45) is 0. The zero-order chi connectivity index (χ0) is 12.4. The van der Waals surface area contributed by atoms with Gasteiger partial charge in [-0.2, -0.15) is 0 Å². The molecule has 0 spiro atoms. The highest BCUT2D eigenvalue weighted by Gasteiger charge is 2.10. The summed E-state index contributed by atoms with van der Waals surface area (Å²) in [5.41, 5.74) is 1.72. The maximum absolute atomic E-state index is 6.12. The Labute approximate surface area is 111 Å². The van der Waals surface area contributed by atoms with Crippen LogP contribution in [0.25, 0.3) is 11.4 Å². The minimum absolute atomic E-state index is 0.303. The standard InChI is InChI=1S/C13H12Cl2N2/c1-8(2)11-7-12(15)17-13(16-11)9-5-3-4-6-10(9)14/h3-8H,1-2H3. The molecule has 0 saturated heterocycles. The number of aromatic nitrogens is 2. The molecule has 0 N–H and O–H groups in total. The number of rotatable bonds is 2. The van der Waals surface area contributed by atoms with Crippen molar-refractivity contribution in [1.29, 1.82) is 0 Å². The zero-order valence-corrected chi connectivity index (χ0v) is 11.1. The lowest BCUT2D eigenvalue weighted by molar-refractivity contribution is 0.817. The minimum Gasteiger partial charge on any atom is -0.233 e. The Morgan fingerprint density at radius 3 is 2.41 bits per heavy atom. The van der Waals surface area contributed by atoms with Gasteiger partial charge in [0.15, 0.2) is 5.82 Å². The summed E-state index contributed by atoms with van der Waals surface area (Å²) in [6.45, 7) is 4.13. The molecule has 1 heterocycles. The summed E-state index contributed by atoms with van der Waals surface area (Å²) in [5, 5.41) is 1.07. The smallest absolute Gasteiger partial charge is 0.162 e. The molecule has 1 aromatic heterocycles. The predicted molar refractivity (Wildman–Crippen MR) is 71.6 cm³/mol. The van der Waals surface area contributed by atoms with Crippen molar-refractivity contribution in [3.05, 3.63) is 46.2 Å². The zero-order valence-electron chi connectivity index (χ0n) is 9.61. The van der Waals surface area contributed by atoms with E-state index in [0.717, 1.165) is 11.3 Å². The molecule has 88 valence electrons. The lowest BCUT2D eigenvalue weighted by atomic mass is 10.1. The van der Waals surface area contributed by atoms with Crippen molar-refractivity contribution >= 4 is 23.2 Å². The fourth-order valence-corrected chi connectivity index (χ4v) is 1.91. The molecule has 4 heteroatoms. The number of benzene rings is 1. The molecular formula is C13H12Cl2N2. The van der Waals surface area contributed by atoms with E-state index in [1.54, 1.807) is 6.07 Å². The molecule has 0 aliphatic heterocycles. The fraction of sp³-hybridized carbons (Fsp3) is 0.231. The van der Waals surface area contributed by atoms with Gasteiger partial charge in [-0.15, -0.1) is 0 Å². The first kappa shape index (κ1) is 12.3. The summed E-state index contributed by atoms with van der Waals surface area (Å²) in [7, 11) is 0. The highest BCUT2D eigenvalue weighted by molar-refractivity contribution is 6.33. The predicted octanol–water partition coefficient (Wildman–Crippen LogP) is 4.57. The van der Waals surface area contributed by atoms with Crippen LogP contribution in [0.3, 0.4) is 0 Å². The van der Waals surface area contributed by atoms with E-state index >= 15 is 0 Å². The van der Waals surface area contributed by atoms with Crippen LogP contribution in [0.5, 0.6) is 0 Å². The molecule has 0 fully saturated rings. The maximum atomic E-state index is 6.12. The Balaban J connectivity index is 2.56. The van der Waals surface area contributed by atoms with Crippen molar-refractivity contribution in [2.75, 3.05) is 0 Å². The summed E-state index contributed by atoms with van der Waals surface area (Å²) < 4.78 is 0. The molecule has 0 atom stereocenters. The first-order valence-electron chi connectivity index (χ1n) is 5.37. The van der Waals surface area contributed by atoms with Crippen LogP contribution in [-0.4, -0.2) is 9.97 Å². The maximum Gasteiger partial charge on any atom is 0.162 e. The van der Waals surface area contributed by atoms with Crippen molar-refractivity contribution in [3.8, 4) is 11.4 Å². The molecule has 1 aromatic carbocycles. The van der Waals surface area contributed by atoms with E-state index in [-0.39, 0.29) is 0 Å². The number of hydrogen-bond donors (Lipinski definition) is 0. The molecule has 0 radical (unpaired) electrons. The van der Waals surface area contributed by atoms with E-state index in [4.69, 9.17) is 23.2 Å². The Morgan fingerprint density at radius 2 is 1.76 bits per heavy atom. The third-order valence-electron chi connectivity index (χ3n) is 2.42. The highest BCUT2D eigenvalue weighted by atomic mass is 35.5. The lowest BCUT2D eigenvalue weighted by Gasteiger charge is -2.08. The van der Waals surface area contributed by atoms with Gasteiger partial charge in [-0.25, -0.2) is 9.97 Å². The Hall–Kier alpha value is -1.12. The minimum atomic E-state index is 0.303. The van der Waals surface area contributed by atoms with Crippen molar-refractivity contribution < 1.29 is 0 Å². The lowest BCUT2D eigenvalue weighted by Crippen LogP contribution is -1.98. The third kappa shape index (κ3) is 2.76. The first-order valence-corrected chi connectivity index (χ1v) is 6.13. The number of halogens is 2. The average Bonchev–Trinajstić information content (AvgIpc) is 2.28. The van der Waals surface area contributed by atoms with E-state index in [1.165, 1.54) is 0 Å². The Morgan fingerprint density at radius 1 is 1.06 bits per heavy atom. The van der Waals surface area contributed by atoms with Gasteiger partial charge in [0.1, 0.15) is 5.15 Å². The summed E-state index contributed by atoms with van der Waals surface area (Å²) >= 11 is 12.1. The second-order valence-corrected chi connectivity index (χ2v) is 4.87. The van der Waals surface area contributed by atoms with Crippen LogP contribution in [0, 0.1) is 0 Å². The monoisotopic (exact) mass is 266 g/mol. The van der Waals surface area contributed by atoms with E-state index < -0.39 is 0 Å². The summed E-state index contributed by atoms with van der Waals surface area (Å²) in [4.78, 5) is 8.70. The van der Waals surface area contributed by atoms with Gasteiger partial charge in [-0.3, -0.25) is 0 Å². The van der Waals surface area contributed by atoms with Crippen molar-refractivity contribution in [2.24, 2.45) is 0 Å². The topological polar surface area (TPSA) is 25.8 Å². The molecule has 0 aliphatic carbocycles. The SMILES string of the molecule is CC(C)c1cc(Cl)nc(-c2ccccc2Cl)n1. The van der Waals surface area contributed by atoms with Crippen LogP contribution >= 0.6 is 23.2 Å². The van der Waals surface area contributed by atoms with Gasteiger partial charge in [0.2, 0.25) is 0 Å². The van der Waals surface area contributed by atoms with Crippen LogP contribution in [0.4, 0.5) is 0 Å². The normalized spacial score (nSPS) is 10.9. The molecule has 2 nitrogen and oxygen atoms in total. The molecule has 0 unspecified atom stereocenters. The van der Waals surface area contributed by atoms with Gasteiger partial charge in [-0.1, -0.05) is 49.2 Å². The Bertz CT molecular complexity index is 539. The van der Waals surface area contributed by atoms with Crippen LogP contribution in [0.2, 0.25) is 10.2 Å². The van der Waals surface area contributed by atoms with E-state index in [0.29, 0.717) is 21.9 Å². The van der Waals surface area contributed by atoms with Gasteiger partial charge in [0.25, 0.3) is 0 Å². The van der Waals surface area contributed by atoms with Gasteiger partial charge in [-0.05, 0) is 24.1 Å². The molecule has 0 bridgehead atoms. The molecule has 0 saturated carbocycles. The summed E-state index contributed by atoms with van der Waals surface area (Å²) in [6, 6.07) is 9.27. The van der Waals surface area contributed by atoms with E-state index in [9.17, 15) is 0 Å². The first-order chi connectivity index (χ1) is 8.08. The van der Waals surface area contributed by atoms with Crippen LogP contribution in [0.15, 0.2) is 30.3 Å². The second kappa shape index (κ2) is 5.03. The second-order valence-electron chi connectivity index (χ2n) is 4.07. The van der Waals surface area contributed by atoms with Gasteiger partial charge >= 0.3 is 0 Å². The average molecular weight is 267 g/mol. The summed E-state index contributed by atoms with van der Waals surface area (Å²) in [5.74, 6) is 0.878. The molecule has 2 aromatic rings. The van der Waals surface area contributed by atoms with Crippen molar-refractivity contribution in [2.45, 2.75) is 19.8 Å². The number of nitrogens with zero attached hydrogens (tertiary/aromatic N) is 2. The molecule has 17 heavy (non-hydrogen) atoms. The quantitative estimate of drug-likeness (QED) is 0.744. The molecular weight excluding hydrogens is 255 g/mol. The third-order valence-corrected chi connectivity index (χ3v) is 2.94. The van der Waals surface area contributed by atoms with Gasteiger partial charge in [0, 0.05) is 11.3 Å². The van der Waals surface area contributed by atoms with Crippen LogP contribution in [0.1, 0.15) is 25.5 Å². The largest absolute Gasteiger partial charge is 0.233 e. The number of hydrogen-bond acceptors (Lipinski definition) is 2. The Kier molecular flexibility index (Phi) is 3.65. The fourth-order valence-electron chi connectivity index (χ4n) is 1.49. The molecule has 2 rings (SSSR count). The highest BCUT2D eigenvalue weighted by Crippen LogP contribution is 2.27. The van der Waals surface area contributed by atoms with Crippen molar-refractivity contribution in [1.82, 2.24) is 9.97 Å². The van der Waals surface area contributed by atoms with E-state index in [1.807, 2.05) is 24.3 Å². The van der Waals surface area contributed by atoms with Crippen LogP contribution in [-0.2, 0) is 0 Å². The van der Waals surface area contributed by atoms with Crippen molar-refractivity contribution in [3.63, 3.8) is 0 Å². The van der Waals surface area contributed by atoms with Gasteiger partial charge in [0.05, 0.1) is 5.02 Å². The molecule has 0 aliphatic rings. The molecule has 0 amide bonds. The van der Waals surface area contributed by atoms with Crippen LogP contribution < -0.4 is 0 Å².